The number of aliphatic imine (C=N–C) groups is 1. The van der Waals surface area contributed by atoms with E-state index in [4.69, 9.17) is 9.47 Å². The Morgan fingerprint density at radius 3 is 2.93 bits per heavy atom. The van der Waals surface area contributed by atoms with Crippen molar-refractivity contribution in [2.24, 2.45) is 10.9 Å². The molecule has 7 nitrogen and oxygen atoms in total. The van der Waals surface area contributed by atoms with Gasteiger partial charge in [0.05, 0.1) is 0 Å². The normalized spacial score (nSPS) is 13.3. The number of ether oxygens (including phenoxy) is 2. The third kappa shape index (κ3) is 5.39. The zero-order chi connectivity index (χ0) is 19.1. The molecule has 0 radical (unpaired) electrons. The largest absolute Gasteiger partial charge is 0.454 e. The van der Waals surface area contributed by atoms with Crippen molar-refractivity contribution in [2.75, 3.05) is 19.9 Å². The first-order valence-corrected chi connectivity index (χ1v) is 9.56. The van der Waals surface area contributed by atoms with Crippen LogP contribution in [0.4, 0.5) is 0 Å². The summed E-state index contributed by atoms with van der Waals surface area (Å²) in [5, 5.41) is 6.68. The molecule has 1 aliphatic heterocycles. The van der Waals surface area contributed by atoms with E-state index < -0.39 is 0 Å². The maximum atomic E-state index is 5.44. The predicted molar refractivity (Wildman–Crippen MR) is 106 cm³/mol. The summed E-state index contributed by atoms with van der Waals surface area (Å²) >= 11 is 0. The van der Waals surface area contributed by atoms with Crippen molar-refractivity contribution in [1.29, 1.82) is 0 Å². The molecule has 3 rings (SSSR count). The fourth-order valence-electron chi connectivity index (χ4n) is 2.96. The summed E-state index contributed by atoms with van der Waals surface area (Å²) in [4.78, 5) is 9.12. The molecule has 146 valence electrons. The number of fused-ring (bicyclic) bond motifs is 1. The molecule has 2 aromatic rings. The lowest BCUT2D eigenvalue weighted by Crippen LogP contribution is -2.38. The molecule has 7 heteroatoms. The van der Waals surface area contributed by atoms with Crippen LogP contribution in [-0.4, -0.2) is 35.4 Å². The smallest absolute Gasteiger partial charge is 0.231 e. The van der Waals surface area contributed by atoms with Crippen molar-refractivity contribution in [3.63, 3.8) is 0 Å². The topological polar surface area (TPSA) is 72.7 Å². The molecule has 0 bridgehead atoms. The number of aromatic nitrogens is 2. The van der Waals surface area contributed by atoms with Gasteiger partial charge in [-0.05, 0) is 37.0 Å². The highest BCUT2D eigenvalue weighted by Gasteiger charge is 2.13. The molecule has 0 atom stereocenters. The van der Waals surface area contributed by atoms with Gasteiger partial charge in [-0.3, -0.25) is 0 Å². The van der Waals surface area contributed by atoms with Gasteiger partial charge in [0.1, 0.15) is 12.4 Å². The molecule has 0 aliphatic carbocycles. The van der Waals surface area contributed by atoms with Crippen LogP contribution < -0.4 is 20.1 Å². The highest BCUT2D eigenvalue weighted by atomic mass is 16.7. The minimum atomic E-state index is 0.306. The van der Waals surface area contributed by atoms with E-state index in [0.29, 0.717) is 19.3 Å². The van der Waals surface area contributed by atoms with Crippen LogP contribution in [0.2, 0.25) is 0 Å². The Morgan fingerprint density at radius 1 is 1.26 bits per heavy atom. The van der Waals surface area contributed by atoms with E-state index in [9.17, 15) is 0 Å². The lowest BCUT2D eigenvalue weighted by molar-refractivity contribution is 0.174. The molecule has 0 spiro atoms. The standard InChI is InChI=1S/C20H29N5O2/c1-4-21-20(24-12-19-22-9-10-25(19)13-15(2)3)23-8-7-16-5-6-17-18(11-16)27-14-26-17/h5-6,9-11,15H,4,7-8,12-14H2,1-3H3,(H2,21,23,24). The summed E-state index contributed by atoms with van der Waals surface area (Å²) in [5.74, 6) is 4.01. The first kappa shape index (κ1) is 19.1. The number of nitrogens with zero attached hydrogens (tertiary/aromatic N) is 3. The van der Waals surface area contributed by atoms with E-state index in [1.54, 1.807) is 0 Å². The zero-order valence-corrected chi connectivity index (χ0v) is 16.4. The Hall–Kier alpha value is -2.70. The SMILES string of the molecule is CCNC(=NCc1nccn1CC(C)C)NCCc1ccc2c(c1)OCO2. The summed E-state index contributed by atoms with van der Waals surface area (Å²) in [6.45, 7) is 9.89. The van der Waals surface area contributed by atoms with E-state index in [0.717, 1.165) is 49.3 Å². The maximum Gasteiger partial charge on any atom is 0.231 e. The van der Waals surface area contributed by atoms with Crippen molar-refractivity contribution in [3.05, 3.63) is 42.0 Å². The average molecular weight is 371 g/mol. The Kier molecular flexibility index (Phi) is 6.57. The van der Waals surface area contributed by atoms with Crippen LogP contribution in [-0.2, 0) is 19.5 Å². The molecule has 27 heavy (non-hydrogen) atoms. The van der Waals surface area contributed by atoms with Crippen LogP contribution >= 0.6 is 0 Å². The second kappa shape index (κ2) is 9.30. The van der Waals surface area contributed by atoms with Crippen LogP contribution in [0, 0.1) is 5.92 Å². The van der Waals surface area contributed by atoms with Gasteiger partial charge in [-0.25, -0.2) is 9.98 Å². The second-order valence-corrected chi connectivity index (χ2v) is 6.95. The van der Waals surface area contributed by atoms with Crippen LogP contribution in [0.25, 0.3) is 0 Å². The lowest BCUT2D eigenvalue weighted by atomic mass is 10.1. The molecule has 1 aromatic heterocycles. The fourth-order valence-corrected chi connectivity index (χ4v) is 2.96. The molecule has 0 saturated heterocycles. The number of guanidine groups is 1. The number of hydrogen-bond donors (Lipinski definition) is 2. The third-order valence-electron chi connectivity index (χ3n) is 4.23. The van der Waals surface area contributed by atoms with Crippen LogP contribution in [0.15, 0.2) is 35.6 Å². The van der Waals surface area contributed by atoms with Gasteiger partial charge in [0.15, 0.2) is 17.5 Å². The van der Waals surface area contributed by atoms with Crippen LogP contribution in [0.1, 0.15) is 32.2 Å². The quantitative estimate of drug-likeness (QED) is 0.551. The van der Waals surface area contributed by atoms with Crippen molar-refractivity contribution in [3.8, 4) is 11.5 Å². The summed E-state index contributed by atoms with van der Waals surface area (Å²) in [6.07, 6.45) is 4.74. The van der Waals surface area contributed by atoms with Gasteiger partial charge in [0.25, 0.3) is 0 Å². The number of nitrogens with one attached hydrogen (secondary N) is 2. The summed E-state index contributed by atoms with van der Waals surface area (Å²) in [7, 11) is 0. The van der Waals surface area contributed by atoms with E-state index in [-0.39, 0.29) is 0 Å². The molecule has 1 aromatic carbocycles. The molecule has 0 amide bonds. The predicted octanol–water partition coefficient (Wildman–Crippen LogP) is 2.57. The van der Waals surface area contributed by atoms with Crippen molar-refractivity contribution in [2.45, 2.75) is 40.3 Å². The first-order chi connectivity index (χ1) is 13.2. The Bertz CT molecular complexity index is 769. The molecule has 2 heterocycles. The van der Waals surface area contributed by atoms with Crippen molar-refractivity contribution in [1.82, 2.24) is 20.2 Å². The lowest BCUT2D eigenvalue weighted by Gasteiger charge is -2.12. The number of hydrogen-bond acceptors (Lipinski definition) is 4. The summed E-state index contributed by atoms with van der Waals surface area (Å²) in [5.41, 5.74) is 1.20. The minimum Gasteiger partial charge on any atom is -0.454 e. The summed E-state index contributed by atoms with van der Waals surface area (Å²) in [6, 6.07) is 6.07. The molecular weight excluding hydrogens is 342 g/mol. The van der Waals surface area contributed by atoms with E-state index in [1.165, 1.54) is 5.56 Å². The molecule has 0 fully saturated rings. The first-order valence-electron chi connectivity index (χ1n) is 9.56. The van der Waals surface area contributed by atoms with Gasteiger partial charge in [-0.15, -0.1) is 0 Å². The Balaban J connectivity index is 1.54. The Morgan fingerprint density at radius 2 is 2.11 bits per heavy atom. The van der Waals surface area contributed by atoms with Gasteiger partial charge in [0.2, 0.25) is 6.79 Å². The molecular formula is C20H29N5O2. The molecule has 0 unspecified atom stereocenters. The van der Waals surface area contributed by atoms with Crippen molar-refractivity contribution >= 4 is 5.96 Å². The van der Waals surface area contributed by atoms with Gasteiger partial charge in [-0.2, -0.15) is 0 Å². The maximum absolute atomic E-state index is 5.44. The number of rotatable bonds is 8. The molecule has 0 saturated carbocycles. The molecule has 1 aliphatic rings. The van der Waals surface area contributed by atoms with E-state index in [2.05, 4.69) is 52.0 Å². The van der Waals surface area contributed by atoms with Gasteiger partial charge < -0.3 is 24.7 Å². The Labute approximate surface area is 160 Å². The van der Waals surface area contributed by atoms with Gasteiger partial charge >= 0.3 is 0 Å². The van der Waals surface area contributed by atoms with E-state index in [1.807, 2.05) is 24.5 Å². The fraction of sp³-hybridized carbons (Fsp3) is 0.500. The van der Waals surface area contributed by atoms with Gasteiger partial charge in [0, 0.05) is 32.0 Å². The number of imidazole rings is 1. The second-order valence-electron chi connectivity index (χ2n) is 6.95. The van der Waals surface area contributed by atoms with E-state index >= 15 is 0 Å². The average Bonchev–Trinajstić information content (AvgIpc) is 3.28. The van der Waals surface area contributed by atoms with Crippen molar-refractivity contribution < 1.29 is 9.47 Å². The number of benzene rings is 1. The highest BCUT2D eigenvalue weighted by Crippen LogP contribution is 2.32. The third-order valence-corrected chi connectivity index (χ3v) is 4.23. The van der Waals surface area contributed by atoms with Gasteiger partial charge in [-0.1, -0.05) is 19.9 Å². The monoisotopic (exact) mass is 371 g/mol. The highest BCUT2D eigenvalue weighted by molar-refractivity contribution is 5.79. The van der Waals surface area contributed by atoms with Crippen LogP contribution in [0.5, 0.6) is 11.5 Å². The summed E-state index contributed by atoms with van der Waals surface area (Å²) < 4.78 is 13.0. The van der Waals surface area contributed by atoms with Crippen LogP contribution in [0.3, 0.4) is 0 Å². The minimum absolute atomic E-state index is 0.306. The molecule has 2 N–H and O–H groups in total. The zero-order valence-electron chi connectivity index (χ0n) is 16.4.